The fourth-order valence-corrected chi connectivity index (χ4v) is 4.66. The van der Waals surface area contributed by atoms with Gasteiger partial charge in [-0.05, 0) is 65.8 Å². The van der Waals surface area contributed by atoms with Crippen LogP contribution in [0.4, 0.5) is 0 Å². The van der Waals surface area contributed by atoms with E-state index >= 15 is 0 Å². The molecule has 0 bridgehead atoms. The predicted molar refractivity (Wildman–Crippen MR) is 143 cm³/mol. The summed E-state index contributed by atoms with van der Waals surface area (Å²) in [6, 6.07) is 22.2. The summed E-state index contributed by atoms with van der Waals surface area (Å²) in [6.45, 7) is 3.21. The second-order valence-corrected chi connectivity index (χ2v) is 9.38. The van der Waals surface area contributed by atoms with E-state index in [4.69, 9.17) is 9.47 Å². The van der Waals surface area contributed by atoms with Gasteiger partial charge in [0.25, 0.3) is 5.91 Å². The maximum atomic E-state index is 12.5. The van der Waals surface area contributed by atoms with Gasteiger partial charge < -0.3 is 14.8 Å². The highest BCUT2D eigenvalue weighted by Crippen LogP contribution is 2.28. The zero-order valence-electron chi connectivity index (χ0n) is 20.5. The second kappa shape index (κ2) is 12.0. The van der Waals surface area contributed by atoms with Crippen molar-refractivity contribution >= 4 is 23.2 Å². The molecule has 3 aromatic rings. The number of nitrogens with zero attached hydrogens (tertiary/aromatic N) is 1. The summed E-state index contributed by atoms with van der Waals surface area (Å²) < 4.78 is 10.9. The van der Waals surface area contributed by atoms with Crippen LogP contribution >= 0.6 is 11.8 Å². The molecule has 1 aliphatic rings. The molecule has 6 heteroatoms. The van der Waals surface area contributed by atoms with Gasteiger partial charge in [-0.2, -0.15) is 0 Å². The van der Waals surface area contributed by atoms with E-state index in [0.29, 0.717) is 12.1 Å². The number of hydrogen-bond acceptors (Lipinski definition) is 5. The molecule has 1 heterocycles. The minimum absolute atomic E-state index is 0.0514. The first-order chi connectivity index (χ1) is 17.1. The number of rotatable bonds is 9. The molecule has 4 rings (SSSR count). The van der Waals surface area contributed by atoms with Gasteiger partial charge >= 0.3 is 0 Å². The normalized spacial score (nSPS) is 13.7. The van der Waals surface area contributed by atoms with Gasteiger partial charge in [0.2, 0.25) is 0 Å². The molecule has 0 saturated carbocycles. The number of ether oxygens (including phenoxy) is 2. The average Bonchev–Trinajstić information content (AvgIpc) is 2.92. The van der Waals surface area contributed by atoms with E-state index in [9.17, 15) is 4.79 Å². The highest BCUT2D eigenvalue weighted by molar-refractivity contribution is 7.98. The van der Waals surface area contributed by atoms with Crippen molar-refractivity contribution in [2.75, 3.05) is 33.6 Å². The van der Waals surface area contributed by atoms with Gasteiger partial charge in [-0.25, -0.2) is 0 Å². The monoisotopic (exact) mass is 488 g/mol. The summed E-state index contributed by atoms with van der Waals surface area (Å²) in [4.78, 5) is 16.1. The van der Waals surface area contributed by atoms with Crippen LogP contribution < -0.4 is 14.8 Å². The number of carbonyl (C=O) groups is 1. The minimum atomic E-state index is -0.0514. The topological polar surface area (TPSA) is 50.8 Å². The quantitative estimate of drug-likeness (QED) is 0.395. The van der Waals surface area contributed by atoms with Gasteiger partial charge in [-0.1, -0.05) is 30.3 Å². The number of hydrogen-bond donors (Lipinski definition) is 1. The third kappa shape index (κ3) is 6.47. The molecule has 1 N–H and O–H groups in total. The summed E-state index contributed by atoms with van der Waals surface area (Å²) in [5, 5.41) is 3.04. The molecule has 0 aromatic heterocycles. The van der Waals surface area contributed by atoms with Crippen LogP contribution in [0.5, 0.6) is 11.5 Å². The fourth-order valence-electron chi connectivity index (χ4n) is 4.25. The Morgan fingerprint density at radius 1 is 1.03 bits per heavy atom. The molecular weight excluding hydrogens is 456 g/mol. The number of benzene rings is 3. The van der Waals surface area contributed by atoms with E-state index in [1.165, 1.54) is 11.1 Å². The third-order valence-electron chi connectivity index (χ3n) is 6.28. The maximum Gasteiger partial charge on any atom is 0.251 e. The number of amides is 1. The Bertz CT molecular complexity index is 1190. The lowest BCUT2D eigenvalue weighted by Crippen LogP contribution is -2.28. The number of methoxy groups -OCH3 is 2. The van der Waals surface area contributed by atoms with Crippen molar-refractivity contribution in [2.45, 2.75) is 24.4 Å². The summed E-state index contributed by atoms with van der Waals surface area (Å²) in [6.07, 6.45) is 5.32. The van der Waals surface area contributed by atoms with Crippen LogP contribution in [0.1, 0.15) is 33.5 Å². The molecule has 0 radical (unpaired) electrons. The zero-order valence-corrected chi connectivity index (χ0v) is 21.4. The average molecular weight is 489 g/mol. The Morgan fingerprint density at radius 2 is 1.86 bits per heavy atom. The molecule has 1 aliphatic heterocycles. The molecule has 0 spiro atoms. The van der Waals surface area contributed by atoms with E-state index in [1.807, 2.05) is 42.7 Å². The van der Waals surface area contributed by atoms with Crippen LogP contribution in [-0.4, -0.2) is 44.4 Å². The standard InChI is InChI=1S/C29H32N2O3S/c1-33-26-10-7-25(28(18-26)34-2)20-31-15-13-22(14-16-31)24-6-4-5-21(17-24)19-30-29(32)23-8-11-27(35-3)12-9-23/h4-13,17-18H,14-16,19-20H2,1-3H3,(H,30,32). The lowest BCUT2D eigenvalue weighted by Gasteiger charge is -2.27. The second-order valence-electron chi connectivity index (χ2n) is 8.50. The van der Waals surface area contributed by atoms with E-state index < -0.39 is 0 Å². The van der Waals surface area contributed by atoms with E-state index in [0.717, 1.165) is 53.6 Å². The third-order valence-corrected chi connectivity index (χ3v) is 7.03. The van der Waals surface area contributed by atoms with Crippen molar-refractivity contribution in [3.05, 3.63) is 95.1 Å². The molecule has 182 valence electrons. The SMILES string of the molecule is COc1ccc(CN2CC=C(c3cccc(CNC(=O)c4ccc(SC)cc4)c3)CC2)c(OC)c1. The fraction of sp³-hybridized carbons (Fsp3) is 0.276. The molecule has 0 fully saturated rings. The van der Waals surface area contributed by atoms with Gasteiger partial charge in [0.15, 0.2) is 0 Å². The number of thioether (sulfide) groups is 1. The van der Waals surface area contributed by atoms with Gasteiger partial charge in [0, 0.05) is 48.3 Å². The van der Waals surface area contributed by atoms with Gasteiger partial charge in [-0.3, -0.25) is 9.69 Å². The van der Waals surface area contributed by atoms with Crippen molar-refractivity contribution in [3.63, 3.8) is 0 Å². The highest BCUT2D eigenvalue weighted by atomic mass is 32.2. The van der Waals surface area contributed by atoms with Gasteiger partial charge in [0.1, 0.15) is 11.5 Å². The Hall–Kier alpha value is -3.22. The number of carbonyl (C=O) groups excluding carboxylic acids is 1. The molecule has 35 heavy (non-hydrogen) atoms. The van der Waals surface area contributed by atoms with E-state index in [2.05, 4.69) is 46.6 Å². The molecule has 0 unspecified atom stereocenters. The lowest BCUT2D eigenvalue weighted by atomic mass is 9.97. The van der Waals surface area contributed by atoms with Crippen molar-refractivity contribution in [1.82, 2.24) is 10.2 Å². The Kier molecular flexibility index (Phi) is 8.50. The van der Waals surface area contributed by atoms with Crippen molar-refractivity contribution in [2.24, 2.45) is 0 Å². The predicted octanol–water partition coefficient (Wildman–Crippen LogP) is 5.65. The first-order valence-corrected chi connectivity index (χ1v) is 13.0. The maximum absolute atomic E-state index is 12.5. The number of nitrogens with one attached hydrogen (secondary N) is 1. The van der Waals surface area contributed by atoms with Crippen LogP contribution in [0, 0.1) is 0 Å². The highest BCUT2D eigenvalue weighted by Gasteiger charge is 2.16. The smallest absolute Gasteiger partial charge is 0.251 e. The zero-order chi connectivity index (χ0) is 24.6. The molecule has 0 aliphatic carbocycles. The molecular formula is C29H32N2O3S. The van der Waals surface area contributed by atoms with Crippen molar-refractivity contribution in [1.29, 1.82) is 0 Å². The summed E-state index contributed by atoms with van der Waals surface area (Å²) in [5.41, 5.74) is 5.52. The largest absolute Gasteiger partial charge is 0.497 e. The lowest BCUT2D eigenvalue weighted by molar-refractivity contribution is 0.0951. The van der Waals surface area contributed by atoms with Gasteiger partial charge in [0.05, 0.1) is 14.2 Å². The van der Waals surface area contributed by atoms with Crippen molar-refractivity contribution < 1.29 is 14.3 Å². The van der Waals surface area contributed by atoms with Crippen LogP contribution in [0.3, 0.4) is 0 Å². The molecule has 0 saturated heterocycles. The summed E-state index contributed by atoms with van der Waals surface area (Å²) >= 11 is 1.67. The molecule has 3 aromatic carbocycles. The van der Waals surface area contributed by atoms with Gasteiger partial charge in [-0.15, -0.1) is 11.8 Å². The Labute approximate surface area is 212 Å². The van der Waals surface area contributed by atoms with Crippen LogP contribution in [-0.2, 0) is 13.1 Å². The minimum Gasteiger partial charge on any atom is -0.497 e. The summed E-state index contributed by atoms with van der Waals surface area (Å²) in [5.74, 6) is 1.61. The van der Waals surface area contributed by atoms with E-state index in [-0.39, 0.29) is 5.91 Å². The first kappa shape index (κ1) is 24.9. The Balaban J connectivity index is 1.35. The van der Waals surface area contributed by atoms with E-state index in [1.54, 1.807) is 26.0 Å². The summed E-state index contributed by atoms with van der Waals surface area (Å²) in [7, 11) is 3.36. The molecule has 0 atom stereocenters. The van der Waals surface area contributed by atoms with Crippen LogP contribution in [0.25, 0.3) is 5.57 Å². The van der Waals surface area contributed by atoms with Crippen LogP contribution in [0.2, 0.25) is 0 Å². The molecule has 1 amide bonds. The first-order valence-electron chi connectivity index (χ1n) is 11.7. The van der Waals surface area contributed by atoms with Crippen molar-refractivity contribution in [3.8, 4) is 11.5 Å². The van der Waals surface area contributed by atoms with Crippen LogP contribution in [0.15, 0.2) is 77.7 Å². The Morgan fingerprint density at radius 3 is 2.54 bits per heavy atom. The molecule has 5 nitrogen and oxygen atoms in total.